The first-order chi connectivity index (χ1) is 8.93. The SMILES string of the molecule is CCn1cc(N)cc1C(=O)NCC(=O)NCC(C)C. The van der Waals surface area contributed by atoms with Crippen LogP contribution < -0.4 is 16.4 Å². The molecule has 0 aliphatic heterocycles. The van der Waals surface area contributed by atoms with Gasteiger partial charge in [-0.2, -0.15) is 0 Å². The predicted octanol–water partition coefficient (Wildman–Crippen LogP) is 0.592. The molecule has 4 N–H and O–H groups in total. The molecule has 0 aliphatic carbocycles. The monoisotopic (exact) mass is 266 g/mol. The topological polar surface area (TPSA) is 89.2 Å². The number of nitrogens with one attached hydrogen (secondary N) is 2. The summed E-state index contributed by atoms with van der Waals surface area (Å²) >= 11 is 0. The van der Waals surface area contributed by atoms with E-state index in [2.05, 4.69) is 10.6 Å². The fourth-order valence-electron chi connectivity index (χ4n) is 1.62. The summed E-state index contributed by atoms with van der Waals surface area (Å²) in [4.78, 5) is 23.4. The summed E-state index contributed by atoms with van der Waals surface area (Å²) in [5.41, 5.74) is 6.66. The molecule has 6 nitrogen and oxygen atoms in total. The molecule has 0 aliphatic rings. The maximum Gasteiger partial charge on any atom is 0.268 e. The Balaban J connectivity index is 2.49. The molecule has 0 bridgehead atoms. The first kappa shape index (κ1) is 15.1. The molecule has 1 aromatic rings. The third-order valence-corrected chi connectivity index (χ3v) is 2.61. The van der Waals surface area contributed by atoms with Crippen LogP contribution >= 0.6 is 0 Å². The molecule has 0 atom stereocenters. The molecule has 19 heavy (non-hydrogen) atoms. The number of aryl methyl sites for hydroxylation is 1. The van der Waals surface area contributed by atoms with Crippen LogP contribution in [-0.2, 0) is 11.3 Å². The summed E-state index contributed by atoms with van der Waals surface area (Å²) < 4.78 is 1.75. The molecule has 0 saturated carbocycles. The van der Waals surface area contributed by atoms with Gasteiger partial charge >= 0.3 is 0 Å². The van der Waals surface area contributed by atoms with Gasteiger partial charge in [0.25, 0.3) is 5.91 Å². The van der Waals surface area contributed by atoms with E-state index in [1.54, 1.807) is 16.8 Å². The second-order valence-electron chi connectivity index (χ2n) is 4.83. The zero-order valence-corrected chi connectivity index (χ0v) is 11.7. The minimum absolute atomic E-state index is 0.0274. The van der Waals surface area contributed by atoms with E-state index in [1.807, 2.05) is 20.8 Å². The molecule has 0 aromatic carbocycles. The van der Waals surface area contributed by atoms with E-state index in [-0.39, 0.29) is 18.4 Å². The molecule has 0 fully saturated rings. The van der Waals surface area contributed by atoms with Gasteiger partial charge in [0.15, 0.2) is 0 Å². The Hall–Kier alpha value is -1.98. The number of nitrogens with zero attached hydrogens (tertiary/aromatic N) is 1. The molecular weight excluding hydrogens is 244 g/mol. The van der Waals surface area contributed by atoms with Crippen LogP contribution in [0.2, 0.25) is 0 Å². The van der Waals surface area contributed by atoms with E-state index in [0.717, 1.165) is 0 Å². The normalized spacial score (nSPS) is 10.5. The lowest BCUT2D eigenvalue weighted by atomic mass is 10.2. The van der Waals surface area contributed by atoms with E-state index in [1.165, 1.54) is 0 Å². The fraction of sp³-hybridized carbons (Fsp3) is 0.538. The first-order valence-corrected chi connectivity index (χ1v) is 6.44. The Kier molecular flexibility index (Phi) is 5.41. The quantitative estimate of drug-likeness (QED) is 0.704. The van der Waals surface area contributed by atoms with Crippen LogP contribution in [0.3, 0.4) is 0 Å². The van der Waals surface area contributed by atoms with Gasteiger partial charge < -0.3 is 20.9 Å². The van der Waals surface area contributed by atoms with Gasteiger partial charge in [-0.25, -0.2) is 0 Å². The maximum atomic E-state index is 11.9. The molecule has 1 heterocycles. The highest BCUT2D eigenvalue weighted by molar-refractivity contribution is 5.96. The smallest absolute Gasteiger partial charge is 0.268 e. The van der Waals surface area contributed by atoms with Crippen molar-refractivity contribution in [2.45, 2.75) is 27.3 Å². The number of carbonyl (C=O) groups excluding carboxylic acids is 2. The lowest BCUT2D eigenvalue weighted by Crippen LogP contribution is -2.38. The second kappa shape index (κ2) is 6.82. The first-order valence-electron chi connectivity index (χ1n) is 6.44. The fourth-order valence-corrected chi connectivity index (χ4v) is 1.62. The van der Waals surface area contributed by atoms with Gasteiger partial charge in [0.1, 0.15) is 5.69 Å². The van der Waals surface area contributed by atoms with Crippen LogP contribution in [0.5, 0.6) is 0 Å². The molecule has 1 aromatic heterocycles. The van der Waals surface area contributed by atoms with Crippen molar-refractivity contribution in [2.75, 3.05) is 18.8 Å². The van der Waals surface area contributed by atoms with Gasteiger partial charge in [-0.05, 0) is 18.9 Å². The van der Waals surface area contributed by atoms with Gasteiger partial charge in [-0.1, -0.05) is 13.8 Å². The van der Waals surface area contributed by atoms with Crippen LogP contribution in [0.25, 0.3) is 0 Å². The molecule has 6 heteroatoms. The number of nitrogen functional groups attached to an aromatic ring is 1. The third kappa shape index (κ3) is 4.65. The van der Waals surface area contributed by atoms with Crippen molar-refractivity contribution in [3.8, 4) is 0 Å². The van der Waals surface area contributed by atoms with Crippen molar-refractivity contribution in [3.05, 3.63) is 18.0 Å². The molecule has 0 unspecified atom stereocenters. The number of carbonyl (C=O) groups is 2. The standard InChI is InChI=1S/C13H22N4O2/c1-4-17-8-10(14)5-11(17)13(19)16-7-12(18)15-6-9(2)3/h5,8-9H,4,6-7,14H2,1-3H3,(H,15,18)(H,16,19). The van der Waals surface area contributed by atoms with Gasteiger partial charge in [0, 0.05) is 19.3 Å². The summed E-state index contributed by atoms with van der Waals surface area (Å²) in [6.07, 6.45) is 1.70. The highest BCUT2D eigenvalue weighted by Crippen LogP contribution is 2.10. The molecular formula is C13H22N4O2. The molecule has 0 saturated heterocycles. The van der Waals surface area contributed by atoms with Gasteiger partial charge in [-0.3, -0.25) is 9.59 Å². The van der Waals surface area contributed by atoms with Crippen molar-refractivity contribution in [1.29, 1.82) is 0 Å². The number of hydrogen-bond acceptors (Lipinski definition) is 3. The summed E-state index contributed by atoms with van der Waals surface area (Å²) in [5.74, 6) is -0.0975. The Bertz CT molecular complexity index is 451. The van der Waals surface area contributed by atoms with Crippen LogP contribution in [0.1, 0.15) is 31.3 Å². The lowest BCUT2D eigenvalue weighted by Gasteiger charge is -2.09. The highest BCUT2D eigenvalue weighted by atomic mass is 16.2. The zero-order valence-electron chi connectivity index (χ0n) is 11.7. The molecule has 0 spiro atoms. The van der Waals surface area contributed by atoms with Crippen LogP contribution in [0, 0.1) is 5.92 Å². The number of anilines is 1. The van der Waals surface area contributed by atoms with Gasteiger partial charge in [0.05, 0.1) is 12.2 Å². The molecule has 2 amide bonds. The second-order valence-corrected chi connectivity index (χ2v) is 4.83. The van der Waals surface area contributed by atoms with Crippen LogP contribution in [0.4, 0.5) is 5.69 Å². The Morgan fingerprint density at radius 1 is 1.37 bits per heavy atom. The zero-order chi connectivity index (χ0) is 14.4. The number of hydrogen-bond donors (Lipinski definition) is 3. The summed E-state index contributed by atoms with van der Waals surface area (Å²) in [5, 5.41) is 5.32. The van der Waals surface area contributed by atoms with Crippen molar-refractivity contribution in [1.82, 2.24) is 15.2 Å². The van der Waals surface area contributed by atoms with Crippen LogP contribution in [0.15, 0.2) is 12.3 Å². The number of amides is 2. The predicted molar refractivity (Wildman–Crippen MR) is 74.7 cm³/mol. The van der Waals surface area contributed by atoms with Gasteiger partial charge in [-0.15, -0.1) is 0 Å². The van der Waals surface area contributed by atoms with E-state index in [4.69, 9.17) is 5.73 Å². The average Bonchev–Trinajstić information content (AvgIpc) is 2.74. The average molecular weight is 266 g/mol. The van der Waals surface area contributed by atoms with Gasteiger partial charge in [0.2, 0.25) is 5.91 Å². The number of nitrogens with two attached hydrogens (primary N) is 1. The maximum absolute atomic E-state index is 11.9. The van der Waals surface area contributed by atoms with Crippen LogP contribution in [-0.4, -0.2) is 29.5 Å². The highest BCUT2D eigenvalue weighted by Gasteiger charge is 2.13. The summed E-state index contributed by atoms with van der Waals surface area (Å²) in [6, 6.07) is 1.60. The molecule has 106 valence electrons. The van der Waals surface area contributed by atoms with E-state index in [0.29, 0.717) is 30.4 Å². The lowest BCUT2D eigenvalue weighted by molar-refractivity contribution is -0.120. The Labute approximate surface area is 113 Å². The van der Waals surface area contributed by atoms with E-state index >= 15 is 0 Å². The van der Waals surface area contributed by atoms with Crippen molar-refractivity contribution in [3.63, 3.8) is 0 Å². The summed E-state index contributed by atoms with van der Waals surface area (Å²) in [7, 11) is 0. The third-order valence-electron chi connectivity index (χ3n) is 2.61. The minimum Gasteiger partial charge on any atom is -0.397 e. The largest absolute Gasteiger partial charge is 0.397 e. The Morgan fingerprint density at radius 2 is 2.05 bits per heavy atom. The minimum atomic E-state index is -0.293. The Morgan fingerprint density at radius 3 is 2.63 bits per heavy atom. The summed E-state index contributed by atoms with van der Waals surface area (Å²) in [6.45, 7) is 7.17. The number of aromatic nitrogens is 1. The van der Waals surface area contributed by atoms with Crippen molar-refractivity contribution >= 4 is 17.5 Å². The van der Waals surface area contributed by atoms with Crippen molar-refractivity contribution in [2.24, 2.45) is 5.92 Å². The van der Waals surface area contributed by atoms with Crippen molar-refractivity contribution < 1.29 is 9.59 Å². The van der Waals surface area contributed by atoms with E-state index in [9.17, 15) is 9.59 Å². The number of rotatable bonds is 6. The molecule has 1 rings (SSSR count). The molecule has 0 radical (unpaired) electrons. The van der Waals surface area contributed by atoms with E-state index < -0.39 is 0 Å².